The molecule has 2 rings (SSSR count). The minimum Gasteiger partial charge on any atom is -0.281 e. The summed E-state index contributed by atoms with van der Waals surface area (Å²) in [4.78, 5) is 8.01. The normalized spacial score (nSPS) is 14.9. The number of rotatable bonds is 1. The maximum atomic E-state index is 4.05. The average molecular weight is 118 g/mol. The predicted molar refractivity (Wildman–Crippen MR) is 35.6 cm³/mol. The SMILES string of the molecule is c1cncc(C2=NC2)c1. The summed E-state index contributed by atoms with van der Waals surface area (Å²) in [5.74, 6) is 0. The first-order chi connectivity index (χ1) is 4.47. The van der Waals surface area contributed by atoms with Crippen molar-refractivity contribution in [3.63, 3.8) is 0 Å². The molecule has 1 aliphatic heterocycles. The van der Waals surface area contributed by atoms with Crippen LogP contribution in [0.5, 0.6) is 0 Å². The summed E-state index contributed by atoms with van der Waals surface area (Å²) in [6.45, 7) is 0.908. The molecule has 0 aromatic carbocycles. The van der Waals surface area contributed by atoms with Gasteiger partial charge in [-0.1, -0.05) is 6.07 Å². The van der Waals surface area contributed by atoms with Gasteiger partial charge in [0.25, 0.3) is 0 Å². The van der Waals surface area contributed by atoms with Crippen LogP contribution in [0.4, 0.5) is 0 Å². The van der Waals surface area contributed by atoms with Gasteiger partial charge >= 0.3 is 0 Å². The lowest BCUT2D eigenvalue weighted by Crippen LogP contribution is -1.86. The molecule has 0 radical (unpaired) electrons. The third-order valence-electron chi connectivity index (χ3n) is 1.31. The quantitative estimate of drug-likeness (QED) is 0.537. The smallest absolute Gasteiger partial charge is 0.0818 e. The van der Waals surface area contributed by atoms with Crippen molar-refractivity contribution in [2.45, 2.75) is 0 Å². The molecule has 0 saturated heterocycles. The molecule has 2 heterocycles. The summed E-state index contributed by atoms with van der Waals surface area (Å²) in [5.41, 5.74) is 2.35. The van der Waals surface area contributed by atoms with E-state index in [9.17, 15) is 0 Å². The maximum Gasteiger partial charge on any atom is 0.0818 e. The highest BCUT2D eigenvalue weighted by Gasteiger charge is 2.10. The summed E-state index contributed by atoms with van der Waals surface area (Å²) in [7, 11) is 0. The Morgan fingerprint density at radius 2 is 2.33 bits per heavy atom. The molecule has 1 aromatic rings. The summed E-state index contributed by atoms with van der Waals surface area (Å²) < 4.78 is 0. The summed E-state index contributed by atoms with van der Waals surface area (Å²) in [6.07, 6.45) is 3.61. The van der Waals surface area contributed by atoms with Gasteiger partial charge in [0.05, 0.1) is 12.3 Å². The maximum absolute atomic E-state index is 4.05. The lowest BCUT2D eigenvalue weighted by Gasteiger charge is -1.85. The van der Waals surface area contributed by atoms with Crippen molar-refractivity contribution in [2.75, 3.05) is 6.54 Å². The average Bonchev–Trinajstić information content (AvgIpc) is 2.71. The van der Waals surface area contributed by atoms with Gasteiger partial charge in [-0.3, -0.25) is 9.98 Å². The molecular weight excluding hydrogens is 112 g/mol. The van der Waals surface area contributed by atoms with Crippen LogP contribution in [0.25, 0.3) is 0 Å². The van der Waals surface area contributed by atoms with Gasteiger partial charge in [-0.05, 0) is 6.07 Å². The van der Waals surface area contributed by atoms with Crippen LogP contribution in [0.2, 0.25) is 0 Å². The highest BCUT2D eigenvalue weighted by molar-refractivity contribution is 6.10. The summed E-state index contributed by atoms with van der Waals surface area (Å²) in [6, 6.07) is 3.95. The molecule has 1 aromatic heterocycles. The number of pyridine rings is 1. The molecule has 9 heavy (non-hydrogen) atoms. The van der Waals surface area contributed by atoms with Crippen LogP contribution in [0.3, 0.4) is 0 Å². The fourth-order valence-corrected chi connectivity index (χ4v) is 0.756. The van der Waals surface area contributed by atoms with E-state index in [-0.39, 0.29) is 0 Å². The Kier molecular flexibility index (Phi) is 0.859. The van der Waals surface area contributed by atoms with Gasteiger partial charge in [0, 0.05) is 18.0 Å². The van der Waals surface area contributed by atoms with Crippen molar-refractivity contribution in [2.24, 2.45) is 4.99 Å². The van der Waals surface area contributed by atoms with Crippen LogP contribution < -0.4 is 0 Å². The molecular formula is C7H6N2. The Morgan fingerprint density at radius 3 is 2.89 bits per heavy atom. The van der Waals surface area contributed by atoms with E-state index in [4.69, 9.17) is 0 Å². The lowest BCUT2D eigenvalue weighted by atomic mass is 10.2. The largest absolute Gasteiger partial charge is 0.281 e. The number of hydrogen-bond donors (Lipinski definition) is 0. The molecule has 44 valence electrons. The van der Waals surface area contributed by atoms with E-state index in [1.54, 1.807) is 6.20 Å². The molecule has 0 fully saturated rings. The molecule has 0 N–H and O–H groups in total. The molecule has 0 bridgehead atoms. The molecule has 0 spiro atoms. The van der Waals surface area contributed by atoms with Crippen molar-refractivity contribution in [3.05, 3.63) is 30.1 Å². The van der Waals surface area contributed by atoms with Crippen LogP contribution in [0, 0.1) is 0 Å². The van der Waals surface area contributed by atoms with Crippen LogP contribution in [-0.4, -0.2) is 17.2 Å². The number of hydrogen-bond acceptors (Lipinski definition) is 2. The highest BCUT2D eigenvalue weighted by Crippen LogP contribution is 2.07. The predicted octanol–water partition coefficient (Wildman–Crippen LogP) is 0.884. The molecule has 0 saturated carbocycles. The standard InChI is InChI=1S/C7H6N2/c1-2-6(4-8-3-1)7-5-9-7/h1-4H,5H2. The minimum atomic E-state index is 0.908. The Hall–Kier alpha value is -1.18. The second kappa shape index (κ2) is 1.65. The molecule has 1 aliphatic rings. The van der Waals surface area contributed by atoms with Crippen LogP contribution in [0.1, 0.15) is 5.56 Å². The Morgan fingerprint density at radius 1 is 1.44 bits per heavy atom. The number of nitrogens with zero attached hydrogens (tertiary/aromatic N) is 2. The zero-order valence-electron chi connectivity index (χ0n) is 4.91. The minimum absolute atomic E-state index is 0.908. The number of aliphatic imine (C=N–C) groups is 1. The summed E-state index contributed by atoms with van der Waals surface area (Å²) in [5, 5.41) is 0. The third-order valence-corrected chi connectivity index (χ3v) is 1.31. The van der Waals surface area contributed by atoms with Gasteiger partial charge in [0.2, 0.25) is 0 Å². The molecule has 0 atom stereocenters. The van der Waals surface area contributed by atoms with E-state index in [0.717, 1.165) is 12.1 Å². The monoisotopic (exact) mass is 118 g/mol. The zero-order chi connectivity index (χ0) is 6.10. The highest BCUT2D eigenvalue weighted by atomic mass is 14.9. The Balaban J connectivity index is 2.40. The van der Waals surface area contributed by atoms with E-state index < -0.39 is 0 Å². The fraction of sp³-hybridized carbons (Fsp3) is 0.143. The van der Waals surface area contributed by atoms with Gasteiger partial charge in [0.1, 0.15) is 0 Å². The lowest BCUT2D eigenvalue weighted by molar-refractivity contribution is 1.32. The first kappa shape index (κ1) is 4.68. The van der Waals surface area contributed by atoms with Crippen molar-refractivity contribution in [1.82, 2.24) is 4.98 Å². The van der Waals surface area contributed by atoms with E-state index in [1.165, 1.54) is 5.71 Å². The van der Waals surface area contributed by atoms with E-state index >= 15 is 0 Å². The second-order valence-electron chi connectivity index (χ2n) is 2.00. The second-order valence-corrected chi connectivity index (χ2v) is 2.00. The van der Waals surface area contributed by atoms with E-state index in [0.29, 0.717) is 0 Å². The zero-order valence-corrected chi connectivity index (χ0v) is 4.91. The first-order valence-corrected chi connectivity index (χ1v) is 2.90. The van der Waals surface area contributed by atoms with Crippen LogP contribution in [-0.2, 0) is 0 Å². The van der Waals surface area contributed by atoms with Gasteiger partial charge < -0.3 is 0 Å². The van der Waals surface area contributed by atoms with Crippen molar-refractivity contribution in [1.29, 1.82) is 0 Å². The van der Waals surface area contributed by atoms with Gasteiger partial charge in [0.15, 0.2) is 0 Å². The molecule has 0 aliphatic carbocycles. The van der Waals surface area contributed by atoms with Gasteiger partial charge in [-0.15, -0.1) is 0 Å². The molecule has 0 amide bonds. The van der Waals surface area contributed by atoms with Crippen molar-refractivity contribution < 1.29 is 0 Å². The van der Waals surface area contributed by atoms with Gasteiger partial charge in [-0.2, -0.15) is 0 Å². The molecule has 2 heteroatoms. The fourth-order valence-electron chi connectivity index (χ4n) is 0.756. The first-order valence-electron chi connectivity index (χ1n) is 2.90. The summed E-state index contributed by atoms with van der Waals surface area (Å²) >= 11 is 0. The molecule has 0 unspecified atom stereocenters. The van der Waals surface area contributed by atoms with E-state index in [2.05, 4.69) is 9.98 Å². The third kappa shape index (κ3) is 0.830. The number of aromatic nitrogens is 1. The Labute approximate surface area is 53.3 Å². The van der Waals surface area contributed by atoms with Crippen molar-refractivity contribution in [3.8, 4) is 0 Å². The van der Waals surface area contributed by atoms with Gasteiger partial charge in [-0.25, -0.2) is 0 Å². The molecule has 2 nitrogen and oxygen atoms in total. The van der Waals surface area contributed by atoms with Crippen LogP contribution in [0.15, 0.2) is 29.5 Å². The Bertz CT molecular complexity index is 238. The van der Waals surface area contributed by atoms with Crippen molar-refractivity contribution >= 4 is 5.71 Å². The topological polar surface area (TPSA) is 25.2 Å². The van der Waals surface area contributed by atoms with Crippen LogP contribution >= 0.6 is 0 Å². The van der Waals surface area contributed by atoms with E-state index in [1.807, 2.05) is 18.3 Å².